The standard InChI is InChI=1S/C23H27N7O/c1-14-5-7-16(8-6-14)19(24)18-20(25)28-13-29-21(18)30-23(3,4)12-27-22(31)17-11-15(2)9-10-26-17/h5-11,13,24H,12H2,1-4H3,(H,27,31)(H3,25,28,29,30). The highest BCUT2D eigenvalue weighted by molar-refractivity contribution is 6.16. The zero-order valence-electron chi connectivity index (χ0n) is 18.2. The summed E-state index contributed by atoms with van der Waals surface area (Å²) < 4.78 is 0. The molecule has 3 aromatic rings. The van der Waals surface area contributed by atoms with E-state index in [4.69, 9.17) is 11.1 Å². The van der Waals surface area contributed by atoms with Gasteiger partial charge < -0.3 is 16.4 Å². The summed E-state index contributed by atoms with van der Waals surface area (Å²) in [4.78, 5) is 25.0. The van der Waals surface area contributed by atoms with Crippen LogP contribution < -0.4 is 16.4 Å². The monoisotopic (exact) mass is 417 g/mol. The maximum Gasteiger partial charge on any atom is 0.269 e. The number of hydrogen-bond donors (Lipinski definition) is 4. The first kappa shape index (κ1) is 21.9. The van der Waals surface area contributed by atoms with Gasteiger partial charge in [-0.25, -0.2) is 9.97 Å². The molecule has 0 unspecified atom stereocenters. The Bertz CT molecular complexity index is 1110. The van der Waals surface area contributed by atoms with E-state index in [1.165, 1.54) is 6.33 Å². The molecule has 31 heavy (non-hydrogen) atoms. The van der Waals surface area contributed by atoms with E-state index in [2.05, 4.69) is 25.6 Å². The van der Waals surface area contributed by atoms with Gasteiger partial charge in [-0.15, -0.1) is 0 Å². The van der Waals surface area contributed by atoms with Crippen molar-refractivity contribution in [3.05, 3.63) is 76.9 Å². The summed E-state index contributed by atoms with van der Waals surface area (Å²) in [6.45, 7) is 8.06. The molecular formula is C23H27N7O. The lowest BCUT2D eigenvalue weighted by Gasteiger charge is -2.28. The first-order valence-electron chi connectivity index (χ1n) is 9.92. The molecule has 160 valence electrons. The van der Waals surface area contributed by atoms with E-state index in [1.54, 1.807) is 12.3 Å². The summed E-state index contributed by atoms with van der Waals surface area (Å²) in [6.07, 6.45) is 2.97. The average Bonchev–Trinajstić information content (AvgIpc) is 2.72. The molecule has 0 aliphatic carbocycles. The number of aryl methyl sites for hydroxylation is 2. The summed E-state index contributed by atoms with van der Waals surface area (Å²) in [7, 11) is 0. The van der Waals surface area contributed by atoms with Crippen LogP contribution in [-0.2, 0) is 0 Å². The van der Waals surface area contributed by atoms with Crippen LogP contribution in [0.4, 0.5) is 11.6 Å². The highest BCUT2D eigenvalue weighted by Crippen LogP contribution is 2.24. The third kappa shape index (κ3) is 5.42. The second-order valence-electron chi connectivity index (χ2n) is 8.13. The number of benzene rings is 1. The quantitative estimate of drug-likeness (QED) is 0.437. The average molecular weight is 418 g/mol. The zero-order valence-corrected chi connectivity index (χ0v) is 18.2. The summed E-state index contributed by atoms with van der Waals surface area (Å²) in [6, 6.07) is 11.2. The van der Waals surface area contributed by atoms with Crippen LogP contribution >= 0.6 is 0 Å². The van der Waals surface area contributed by atoms with Crippen LogP contribution in [0.5, 0.6) is 0 Å². The number of amides is 1. The van der Waals surface area contributed by atoms with E-state index < -0.39 is 5.54 Å². The zero-order chi connectivity index (χ0) is 22.6. The summed E-state index contributed by atoms with van der Waals surface area (Å²) in [5, 5.41) is 14.9. The van der Waals surface area contributed by atoms with Gasteiger partial charge in [-0.1, -0.05) is 29.8 Å². The molecule has 1 aromatic carbocycles. The predicted molar refractivity (Wildman–Crippen MR) is 123 cm³/mol. The normalized spacial score (nSPS) is 11.1. The number of nitrogens with two attached hydrogens (primary N) is 1. The van der Waals surface area contributed by atoms with Crippen LogP contribution in [0.2, 0.25) is 0 Å². The van der Waals surface area contributed by atoms with Crippen molar-refractivity contribution in [1.82, 2.24) is 20.3 Å². The maximum absolute atomic E-state index is 12.5. The van der Waals surface area contributed by atoms with Crippen molar-refractivity contribution in [1.29, 1.82) is 5.41 Å². The number of aromatic nitrogens is 3. The van der Waals surface area contributed by atoms with Crippen molar-refractivity contribution < 1.29 is 4.79 Å². The number of hydrogen-bond acceptors (Lipinski definition) is 7. The van der Waals surface area contributed by atoms with Crippen molar-refractivity contribution >= 4 is 23.3 Å². The van der Waals surface area contributed by atoms with Gasteiger partial charge in [-0.05, 0) is 45.4 Å². The Morgan fingerprint density at radius 1 is 1.06 bits per heavy atom. The molecule has 0 radical (unpaired) electrons. The molecule has 2 heterocycles. The summed E-state index contributed by atoms with van der Waals surface area (Å²) >= 11 is 0. The van der Waals surface area contributed by atoms with Gasteiger partial charge in [0.1, 0.15) is 23.7 Å². The minimum Gasteiger partial charge on any atom is -0.383 e. The first-order chi connectivity index (χ1) is 14.7. The van der Waals surface area contributed by atoms with E-state index in [1.807, 2.05) is 58.0 Å². The lowest BCUT2D eigenvalue weighted by molar-refractivity contribution is 0.0942. The predicted octanol–water partition coefficient (Wildman–Crippen LogP) is 3.11. The molecule has 8 heteroatoms. The van der Waals surface area contributed by atoms with Gasteiger partial charge in [0.05, 0.1) is 16.8 Å². The van der Waals surface area contributed by atoms with Crippen LogP contribution in [0.1, 0.15) is 46.6 Å². The topological polar surface area (TPSA) is 130 Å². The smallest absolute Gasteiger partial charge is 0.269 e. The van der Waals surface area contributed by atoms with Gasteiger partial charge in [0.15, 0.2) is 0 Å². The molecule has 5 N–H and O–H groups in total. The largest absolute Gasteiger partial charge is 0.383 e. The Kier molecular flexibility index (Phi) is 6.29. The fourth-order valence-electron chi connectivity index (χ4n) is 3.02. The van der Waals surface area contributed by atoms with Crippen LogP contribution in [0.15, 0.2) is 48.9 Å². The molecule has 0 aliphatic heterocycles. The van der Waals surface area contributed by atoms with Crippen LogP contribution in [0.25, 0.3) is 0 Å². The fourth-order valence-corrected chi connectivity index (χ4v) is 3.02. The Morgan fingerprint density at radius 3 is 2.45 bits per heavy atom. The number of carbonyl (C=O) groups excluding carboxylic acids is 1. The van der Waals surface area contributed by atoms with Crippen LogP contribution in [-0.4, -0.2) is 38.7 Å². The van der Waals surface area contributed by atoms with Gasteiger partial charge in [-0.3, -0.25) is 15.2 Å². The molecular weight excluding hydrogens is 390 g/mol. The molecule has 1 amide bonds. The molecule has 0 saturated heterocycles. The number of nitrogens with one attached hydrogen (secondary N) is 3. The van der Waals surface area contributed by atoms with Gasteiger partial charge in [0, 0.05) is 18.3 Å². The summed E-state index contributed by atoms with van der Waals surface area (Å²) in [5.41, 5.74) is 9.33. The van der Waals surface area contributed by atoms with E-state index >= 15 is 0 Å². The number of anilines is 2. The molecule has 0 atom stereocenters. The first-order valence-corrected chi connectivity index (χ1v) is 9.92. The van der Waals surface area contributed by atoms with Crippen molar-refractivity contribution in [3.63, 3.8) is 0 Å². The minimum atomic E-state index is -0.581. The number of rotatable bonds is 7. The molecule has 0 saturated carbocycles. The highest BCUT2D eigenvalue weighted by atomic mass is 16.1. The Balaban J connectivity index is 1.78. The third-order valence-corrected chi connectivity index (χ3v) is 4.76. The van der Waals surface area contributed by atoms with Gasteiger partial charge in [-0.2, -0.15) is 0 Å². The van der Waals surface area contributed by atoms with Crippen molar-refractivity contribution in [3.8, 4) is 0 Å². The van der Waals surface area contributed by atoms with Crippen LogP contribution in [0.3, 0.4) is 0 Å². The van der Waals surface area contributed by atoms with E-state index in [9.17, 15) is 4.79 Å². The second-order valence-corrected chi connectivity index (χ2v) is 8.13. The van der Waals surface area contributed by atoms with E-state index in [0.29, 0.717) is 29.2 Å². The lowest BCUT2D eigenvalue weighted by Crippen LogP contribution is -2.44. The minimum absolute atomic E-state index is 0.215. The van der Waals surface area contributed by atoms with Crippen molar-refractivity contribution in [2.75, 3.05) is 17.6 Å². The van der Waals surface area contributed by atoms with Crippen molar-refractivity contribution in [2.45, 2.75) is 33.2 Å². The number of nitrogens with zero attached hydrogens (tertiary/aromatic N) is 3. The maximum atomic E-state index is 12.5. The fraction of sp³-hybridized carbons (Fsp3) is 0.261. The Morgan fingerprint density at radius 2 is 1.77 bits per heavy atom. The van der Waals surface area contributed by atoms with Gasteiger partial charge in [0.25, 0.3) is 5.91 Å². The van der Waals surface area contributed by atoms with Gasteiger partial charge >= 0.3 is 0 Å². The molecule has 0 bridgehead atoms. The Labute approximate surface area is 181 Å². The molecule has 0 spiro atoms. The van der Waals surface area contributed by atoms with E-state index in [-0.39, 0.29) is 17.4 Å². The lowest BCUT2D eigenvalue weighted by atomic mass is 10.00. The second kappa shape index (κ2) is 8.91. The SMILES string of the molecule is Cc1ccc(C(=N)c2c(N)ncnc2NC(C)(C)CNC(=O)c2cc(C)ccn2)cc1. The molecule has 8 nitrogen and oxygen atoms in total. The molecule has 2 aromatic heterocycles. The summed E-state index contributed by atoms with van der Waals surface area (Å²) in [5.74, 6) is 0.395. The number of nitrogen functional groups attached to an aromatic ring is 1. The van der Waals surface area contributed by atoms with Gasteiger partial charge in [0.2, 0.25) is 0 Å². The molecule has 0 aliphatic rings. The third-order valence-electron chi connectivity index (χ3n) is 4.76. The highest BCUT2D eigenvalue weighted by Gasteiger charge is 2.24. The van der Waals surface area contributed by atoms with Crippen molar-refractivity contribution in [2.24, 2.45) is 0 Å². The van der Waals surface area contributed by atoms with Crippen LogP contribution in [0, 0.1) is 19.3 Å². The number of carbonyl (C=O) groups is 1. The molecule has 0 fully saturated rings. The Hall–Kier alpha value is -3.81. The van der Waals surface area contributed by atoms with E-state index in [0.717, 1.165) is 11.1 Å². The molecule has 3 rings (SSSR count). The number of pyridine rings is 1.